The number of carbonyl (C=O) groups is 2. The molecule has 4 rings (SSSR count). The number of benzene rings is 3. The molecule has 3 aromatic carbocycles. The van der Waals surface area contributed by atoms with Gasteiger partial charge >= 0.3 is 5.97 Å². The number of hydrogen-bond acceptors (Lipinski definition) is 4. The molecule has 7 heteroatoms. The minimum Gasteiger partial charge on any atom is -0.476 e. The number of halogens is 1. The minimum absolute atomic E-state index is 0.113. The first kappa shape index (κ1) is 27.5. The summed E-state index contributed by atoms with van der Waals surface area (Å²) in [4.78, 5) is 25.1. The lowest BCUT2D eigenvalue weighted by Crippen LogP contribution is -2.39. The SMILES string of the molecule is COC(=O)C(C)(C)Oc1cccc(Cc2c(C)n(C)c3cc(C(=O)N[C@@H](C)c4cccc(Br)c4)ccc23)c1. The number of carbonyl (C=O) groups excluding carboxylic acids is 2. The van der Waals surface area contributed by atoms with E-state index in [4.69, 9.17) is 9.47 Å². The largest absolute Gasteiger partial charge is 0.476 e. The van der Waals surface area contributed by atoms with Crippen molar-refractivity contribution in [3.05, 3.63) is 99.2 Å². The van der Waals surface area contributed by atoms with Gasteiger partial charge in [-0.2, -0.15) is 0 Å². The highest BCUT2D eigenvalue weighted by molar-refractivity contribution is 9.10. The fraction of sp³-hybridized carbons (Fsp3) is 0.290. The average Bonchev–Trinajstić information content (AvgIpc) is 3.12. The molecule has 0 aliphatic heterocycles. The third-order valence-corrected chi connectivity index (χ3v) is 7.41. The third-order valence-electron chi connectivity index (χ3n) is 6.91. The predicted molar refractivity (Wildman–Crippen MR) is 154 cm³/mol. The lowest BCUT2D eigenvalue weighted by atomic mass is 10.0. The van der Waals surface area contributed by atoms with E-state index >= 15 is 0 Å². The first-order valence-corrected chi connectivity index (χ1v) is 13.3. The molecule has 0 saturated heterocycles. The topological polar surface area (TPSA) is 69.6 Å². The molecule has 0 bridgehead atoms. The van der Waals surface area contributed by atoms with E-state index in [0.717, 1.165) is 32.2 Å². The molecule has 1 heterocycles. The Morgan fingerprint density at radius 1 is 1.05 bits per heavy atom. The number of hydrogen-bond donors (Lipinski definition) is 1. The van der Waals surface area contributed by atoms with E-state index in [-0.39, 0.29) is 11.9 Å². The highest BCUT2D eigenvalue weighted by atomic mass is 79.9. The molecule has 0 unspecified atom stereocenters. The molecular weight excluding hydrogens is 544 g/mol. The maximum Gasteiger partial charge on any atom is 0.349 e. The Labute approximate surface area is 232 Å². The summed E-state index contributed by atoms with van der Waals surface area (Å²) in [5, 5.41) is 4.21. The van der Waals surface area contributed by atoms with Gasteiger partial charge in [-0.05, 0) is 87.2 Å². The molecule has 4 aromatic rings. The van der Waals surface area contributed by atoms with Gasteiger partial charge in [0.2, 0.25) is 0 Å². The second-order valence-electron chi connectivity index (χ2n) is 10.0. The summed E-state index contributed by atoms with van der Waals surface area (Å²) in [6.45, 7) is 7.44. The summed E-state index contributed by atoms with van der Waals surface area (Å²) in [7, 11) is 3.37. The van der Waals surface area contributed by atoms with E-state index < -0.39 is 11.6 Å². The maximum atomic E-state index is 13.1. The molecule has 1 aromatic heterocycles. The lowest BCUT2D eigenvalue weighted by molar-refractivity contribution is -0.156. The van der Waals surface area contributed by atoms with Crippen molar-refractivity contribution >= 4 is 38.7 Å². The smallest absolute Gasteiger partial charge is 0.349 e. The summed E-state index contributed by atoms with van der Waals surface area (Å²) in [5.41, 5.74) is 4.93. The van der Waals surface area contributed by atoms with Crippen LogP contribution in [-0.2, 0) is 23.0 Å². The van der Waals surface area contributed by atoms with Gasteiger partial charge in [-0.3, -0.25) is 4.79 Å². The van der Waals surface area contributed by atoms with Crippen molar-refractivity contribution < 1.29 is 19.1 Å². The first-order valence-electron chi connectivity index (χ1n) is 12.5. The standard InChI is InChI=1S/C31H33BrN2O4/c1-19(22-10-8-11-24(32)17-22)33-29(35)23-13-14-26-27(20(2)34(5)28(26)18-23)16-21-9-7-12-25(15-21)38-31(3,4)30(36)37-6/h7-15,17-19H,16H2,1-6H3,(H,33,35)/t19-/m0/s1. The normalized spacial score (nSPS) is 12.3. The van der Waals surface area contributed by atoms with Crippen LogP contribution in [0.1, 0.15) is 59.6 Å². The van der Waals surface area contributed by atoms with Gasteiger partial charge in [0.15, 0.2) is 5.60 Å². The van der Waals surface area contributed by atoms with Crippen LogP contribution in [0.2, 0.25) is 0 Å². The van der Waals surface area contributed by atoms with Crippen molar-refractivity contribution in [1.29, 1.82) is 0 Å². The Bertz CT molecular complexity index is 1510. The van der Waals surface area contributed by atoms with Crippen LogP contribution in [-0.4, -0.2) is 29.2 Å². The van der Waals surface area contributed by atoms with E-state index in [9.17, 15) is 9.59 Å². The van der Waals surface area contributed by atoms with Crippen molar-refractivity contribution in [2.24, 2.45) is 7.05 Å². The maximum absolute atomic E-state index is 13.1. The van der Waals surface area contributed by atoms with Crippen LogP contribution >= 0.6 is 15.9 Å². The monoisotopic (exact) mass is 576 g/mol. The summed E-state index contributed by atoms with van der Waals surface area (Å²) >= 11 is 3.49. The molecule has 0 saturated carbocycles. The minimum atomic E-state index is -1.09. The van der Waals surface area contributed by atoms with Crippen molar-refractivity contribution in [1.82, 2.24) is 9.88 Å². The molecule has 1 N–H and O–H groups in total. The van der Waals surface area contributed by atoms with Gasteiger partial charge < -0.3 is 19.4 Å². The van der Waals surface area contributed by atoms with Crippen LogP contribution < -0.4 is 10.1 Å². The average molecular weight is 578 g/mol. The Morgan fingerprint density at radius 3 is 2.50 bits per heavy atom. The van der Waals surface area contributed by atoms with Gasteiger partial charge in [0.25, 0.3) is 5.91 Å². The van der Waals surface area contributed by atoms with Crippen LogP contribution in [0.25, 0.3) is 10.9 Å². The fourth-order valence-corrected chi connectivity index (χ4v) is 5.07. The number of amides is 1. The summed E-state index contributed by atoms with van der Waals surface area (Å²) in [6, 6.07) is 21.4. The zero-order chi connectivity index (χ0) is 27.6. The van der Waals surface area contributed by atoms with Crippen LogP contribution in [0.15, 0.2) is 71.2 Å². The molecule has 0 radical (unpaired) electrons. The molecule has 6 nitrogen and oxygen atoms in total. The molecule has 1 amide bonds. The number of nitrogens with zero attached hydrogens (tertiary/aromatic N) is 1. The van der Waals surface area contributed by atoms with E-state index in [1.807, 2.05) is 80.7 Å². The number of aromatic nitrogens is 1. The van der Waals surface area contributed by atoms with E-state index in [1.54, 1.807) is 13.8 Å². The van der Waals surface area contributed by atoms with Gasteiger partial charge in [-0.1, -0.05) is 46.3 Å². The highest BCUT2D eigenvalue weighted by Crippen LogP contribution is 2.30. The van der Waals surface area contributed by atoms with Crippen molar-refractivity contribution in [2.45, 2.75) is 45.8 Å². The number of rotatable bonds is 8. The Hall–Kier alpha value is -3.58. The summed E-state index contributed by atoms with van der Waals surface area (Å²) in [6.07, 6.45) is 0.685. The van der Waals surface area contributed by atoms with Gasteiger partial charge in [0.1, 0.15) is 5.75 Å². The molecule has 0 aliphatic carbocycles. The van der Waals surface area contributed by atoms with Gasteiger partial charge in [0, 0.05) is 33.7 Å². The fourth-order valence-electron chi connectivity index (χ4n) is 4.65. The molecule has 198 valence electrons. The second kappa shape index (κ2) is 11.0. The van der Waals surface area contributed by atoms with Crippen LogP contribution in [0, 0.1) is 6.92 Å². The summed E-state index contributed by atoms with van der Waals surface area (Å²) < 4.78 is 13.9. The van der Waals surface area contributed by atoms with E-state index in [1.165, 1.54) is 12.7 Å². The van der Waals surface area contributed by atoms with Gasteiger partial charge in [-0.25, -0.2) is 4.79 Å². The third kappa shape index (κ3) is 5.78. The Balaban J connectivity index is 1.57. The number of ether oxygens (including phenoxy) is 2. The van der Waals surface area contributed by atoms with Crippen molar-refractivity contribution in [3.8, 4) is 5.75 Å². The molecule has 0 fully saturated rings. The van der Waals surface area contributed by atoms with Crippen molar-refractivity contribution in [2.75, 3.05) is 7.11 Å². The number of fused-ring (bicyclic) bond motifs is 1. The molecule has 0 aliphatic rings. The number of aryl methyl sites for hydroxylation is 1. The highest BCUT2D eigenvalue weighted by Gasteiger charge is 2.31. The van der Waals surface area contributed by atoms with Crippen molar-refractivity contribution in [3.63, 3.8) is 0 Å². The van der Waals surface area contributed by atoms with Gasteiger partial charge in [-0.15, -0.1) is 0 Å². The Morgan fingerprint density at radius 2 is 1.79 bits per heavy atom. The zero-order valence-corrected chi connectivity index (χ0v) is 24.2. The second-order valence-corrected chi connectivity index (χ2v) is 10.9. The quantitative estimate of drug-likeness (QED) is 0.238. The predicted octanol–water partition coefficient (Wildman–Crippen LogP) is 6.66. The van der Waals surface area contributed by atoms with E-state index in [2.05, 4.69) is 32.7 Å². The molecule has 0 spiro atoms. The van der Waals surface area contributed by atoms with E-state index in [0.29, 0.717) is 17.7 Å². The molecular formula is C31H33BrN2O4. The van der Waals surface area contributed by atoms with Crippen LogP contribution in [0.3, 0.4) is 0 Å². The number of methoxy groups -OCH3 is 1. The van der Waals surface area contributed by atoms with Crippen LogP contribution in [0.4, 0.5) is 0 Å². The number of nitrogens with one attached hydrogen (secondary N) is 1. The number of esters is 1. The van der Waals surface area contributed by atoms with Gasteiger partial charge in [0.05, 0.1) is 13.2 Å². The molecule has 1 atom stereocenters. The van der Waals surface area contributed by atoms with Crippen LogP contribution in [0.5, 0.6) is 5.75 Å². The first-order chi connectivity index (χ1) is 18.0. The summed E-state index contributed by atoms with van der Waals surface area (Å²) in [5.74, 6) is 0.0610. The zero-order valence-electron chi connectivity index (χ0n) is 22.6. The lowest BCUT2D eigenvalue weighted by Gasteiger charge is -2.23. The molecule has 38 heavy (non-hydrogen) atoms. The Kier molecular flexibility index (Phi) is 7.97.